The lowest BCUT2D eigenvalue weighted by Gasteiger charge is -2.14. The largest absolute Gasteiger partial charge is 0.389 e. The lowest BCUT2D eigenvalue weighted by atomic mass is 10.3. The van der Waals surface area contributed by atoms with Crippen molar-refractivity contribution in [2.75, 3.05) is 38.3 Å². The molecule has 1 atom stereocenters. The first-order valence-corrected chi connectivity index (χ1v) is 6.95. The molecule has 0 aromatic heterocycles. The summed E-state index contributed by atoms with van der Waals surface area (Å²) < 4.78 is 24.5. The molecule has 2 N–H and O–H groups in total. The molecule has 0 radical (unpaired) electrons. The predicted octanol–water partition coefficient (Wildman–Crippen LogP) is 2.41. The third kappa shape index (κ3) is 6.87. The summed E-state index contributed by atoms with van der Waals surface area (Å²) in [7, 11) is 0. The van der Waals surface area contributed by atoms with Crippen LogP contribution in [0.25, 0.3) is 0 Å². The minimum atomic E-state index is -0.694. The first-order chi connectivity index (χ1) is 9.13. The summed E-state index contributed by atoms with van der Waals surface area (Å²) in [6.07, 6.45) is -0.694. The Balaban J connectivity index is 2.22. The van der Waals surface area contributed by atoms with E-state index in [2.05, 4.69) is 21.2 Å². The molecule has 0 amide bonds. The van der Waals surface area contributed by atoms with E-state index in [1.54, 1.807) is 12.1 Å². The zero-order valence-electron chi connectivity index (χ0n) is 10.9. The molecule has 108 valence electrons. The number of halogens is 2. The van der Waals surface area contributed by atoms with E-state index in [9.17, 15) is 9.50 Å². The standard InChI is InChI=1S/C13H19BrFNO3/c1-2-18-5-6-19-9-11(17)8-16-13-7-10(14)3-4-12(13)15/h3-4,7,11,16-17H,2,5-6,8-9H2,1H3. The second kappa shape index (κ2) is 9.25. The highest BCUT2D eigenvalue weighted by Gasteiger charge is 2.07. The van der Waals surface area contributed by atoms with E-state index in [1.165, 1.54) is 6.07 Å². The van der Waals surface area contributed by atoms with E-state index in [4.69, 9.17) is 9.47 Å². The van der Waals surface area contributed by atoms with E-state index in [1.807, 2.05) is 6.92 Å². The normalized spacial score (nSPS) is 12.4. The molecule has 1 aromatic rings. The number of hydrogen-bond donors (Lipinski definition) is 2. The predicted molar refractivity (Wildman–Crippen MR) is 75.9 cm³/mol. The van der Waals surface area contributed by atoms with Crippen molar-refractivity contribution in [3.63, 3.8) is 0 Å². The maximum absolute atomic E-state index is 13.4. The van der Waals surface area contributed by atoms with Crippen molar-refractivity contribution in [2.45, 2.75) is 13.0 Å². The molecular formula is C13H19BrFNO3. The fourth-order valence-electron chi connectivity index (χ4n) is 1.40. The number of rotatable bonds is 9. The molecule has 1 unspecified atom stereocenters. The van der Waals surface area contributed by atoms with Crippen LogP contribution in [0.5, 0.6) is 0 Å². The average Bonchev–Trinajstić information content (AvgIpc) is 2.39. The van der Waals surface area contributed by atoms with Crippen LogP contribution >= 0.6 is 15.9 Å². The molecule has 19 heavy (non-hydrogen) atoms. The van der Waals surface area contributed by atoms with Gasteiger partial charge in [0.1, 0.15) is 5.82 Å². The van der Waals surface area contributed by atoms with Gasteiger partial charge in [-0.25, -0.2) is 4.39 Å². The molecule has 4 nitrogen and oxygen atoms in total. The molecule has 0 aliphatic heterocycles. The minimum Gasteiger partial charge on any atom is -0.389 e. The van der Waals surface area contributed by atoms with E-state index in [0.29, 0.717) is 25.5 Å². The number of ether oxygens (including phenoxy) is 2. The van der Waals surface area contributed by atoms with Gasteiger partial charge in [-0.3, -0.25) is 0 Å². The van der Waals surface area contributed by atoms with Gasteiger partial charge in [-0.05, 0) is 25.1 Å². The molecular weight excluding hydrogens is 317 g/mol. The third-order valence-electron chi connectivity index (χ3n) is 2.34. The van der Waals surface area contributed by atoms with Gasteiger partial charge < -0.3 is 19.9 Å². The highest BCUT2D eigenvalue weighted by Crippen LogP contribution is 2.19. The fourth-order valence-corrected chi connectivity index (χ4v) is 1.76. The van der Waals surface area contributed by atoms with Crippen molar-refractivity contribution < 1.29 is 19.0 Å². The SMILES string of the molecule is CCOCCOCC(O)CNc1cc(Br)ccc1F. The van der Waals surface area contributed by atoms with Gasteiger partial charge in [0.25, 0.3) is 0 Å². The van der Waals surface area contributed by atoms with Crippen LogP contribution in [-0.2, 0) is 9.47 Å². The summed E-state index contributed by atoms with van der Waals surface area (Å²) in [5.74, 6) is -0.354. The van der Waals surface area contributed by atoms with Crippen LogP contribution in [0.4, 0.5) is 10.1 Å². The topological polar surface area (TPSA) is 50.7 Å². The minimum absolute atomic E-state index is 0.190. The Morgan fingerprint density at radius 2 is 2.11 bits per heavy atom. The maximum Gasteiger partial charge on any atom is 0.146 e. The zero-order chi connectivity index (χ0) is 14.1. The summed E-state index contributed by atoms with van der Waals surface area (Å²) in [4.78, 5) is 0. The highest BCUT2D eigenvalue weighted by molar-refractivity contribution is 9.10. The molecule has 0 fully saturated rings. The molecule has 1 aromatic carbocycles. The van der Waals surface area contributed by atoms with Crippen molar-refractivity contribution in [3.8, 4) is 0 Å². The first-order valence-electron chi connectivity index (χ1n) is 6.16. The molecule has 0 spiro atoms. The Morgan fingerprint density at radius 1 is 1.37 bits per heavy atom. The Hall–Kier alpha value is -0.690. The van der Waals surface area contributed by atoms with E-state index in [-0.39, 0.29) is 19.0 Å². The van der Waals surface area contributed by atoms with Gasteiger partial charge in [0.05, 0.1) is 31.6 Å². The average molecular weight is 336 g/mol. The van der Waals surface area contributed by atoms with Gasteiger partial charge in [-0.1, -0.05) is 15.9 Å². The van der Waals surface area contributed by atoms with Crippen LogP contribution in [-0.4, -0.2) is 44.2 Å². The summed E-state index contributed by atoms with van der Waals surface area (Å²) in [5, 5.41) is 12.5. The van der Waals surface area contributed by atoms with Crippen molar-refractivity contribution in [2.24, 2.45) is 0 Å². The van der Waals surface area contributed by atoms with Crippen LogP contribution in [0.3, 0.4) is 0 Å². The molecule has 1 rings (SSSR count). The van der Waals surface area contributed by atoms with Crippen LogP contribution < -0.4 is 5.32 Å². The van der Waals surface area contributed by atoms with Crippen LogP contribution in [0.15, 0.2) is 22.7 Å². The zero-order valence-corrected chi connectivity index (χ0v) is 12.5. The molecule has 0 heterocycles. The van der Waals surface area contributed by atoms with Gasteiger partial charge >= 0.3 is 0 Å². The summed E-state index contributed by atoms with van der Waals surface area (Å²) in [6.45, 7) is 3.92. The van der Waals surface area contributed by atoms with Crippen molar-refractivity contribution in [1.82, 2.24) is 0 Å². The smallest absolute Gasteiger partial charge is 0.146 e. The number of benzene rings is 1. The fraction of sp³-hybridized carbons (Fsp3) is 0.538. The number of aliphatic hydroxyl groups is 1. The summed E-state index contributed by atoms with van der Waals surface area (Å²) >= 11 is 3.26. The van der Waals surface area contributed by atoms with Crippen LogP contribution in [0.2, 0.25) is 0 Å². The molecule has 0 bridgehead atoms. The Labute approximate surface area is 121 Å². The second-order valence-corrected chi connectivity index (χ2v) is 4.85. The van der Waals surface area contributed by atoms with Gasteiger partial charge in [0, 0.05) is 17.6 Å². The Morgan fingerprint density at radius 3 is 2.84 bits per heavy atom. The molecule has 0 saturated heterocycles. The summed E-state index contributed by atoms with van der Waals surface area (Å²) in [5.41, 5.74) is 0.350. The maximum atomic E-state index is 13.4. The van der Waals surface area contributed by atoms with E-state index >= 15 is 0 Å². The third-order valence-corrected chi connectivity index (χ3v) is 2.84. The summed E-state index contributed by atoms with van der Waals surface area (Å²) in [6, 6.07) is 4.60. The Kier molecular flexibility index (Phi) is 7.97. The quantitative estimate of drug-likeness (QED) is 0.680. The lowest BCUT2D eigenvalue weighted by molar-refractivity contribution is 0.0103. The molecule has 0 aliphatic carbocycles. The van der Waals surface area contributed by atoms with Crippen molar-refractivity contribution in [3.05, 3.63) is 28.5 Å². The van der Waals surface area contributed by atoms with Gasteiger partial charge in [-0.15, -0.1) is 0 Å². The Bertz CT molecular complexity index is 379. The number of anilines is 1. The molecule has 0 aliphatic rings. The van der Waals surface area contributed by atoms with Gasteiger partial charge in [0.15, 0.2) is 0 Å². The van der Waals surface area contributed by atoms with Crippen LogP contribution in [0.1, 0.15) is 6.92 Å². The van der Waals surface area contributed by atoms with Crippen LogP contribution in [0, 0.1) is 5.82 Å². The number of nitrogens with one attached hydrogen (secondary N) is 1. The molecule has 6 heteroatoms. The second-order valence-electron chi connectivity index (χ2n) is 3.93. The molecule has 0 saturated carbocycles. The highest BCUT2D eigenvalue weighted by atomic mass is 79.9. The van der Waals surface area contributed by atoms with Crippen molar-refractivity contribution >= 4 is 21.6 Å². The van der Waals surface area contributed by atoms with Crippen molar-refractivity contribution in [1.29, 1.82) is 0 Å². The first kappa shape index (κ1) is 16.4. The lowest BCUT2D eigenvalue weighted by Crippen LogP contribution is -2.26. The van der Waals surface area contributed by atoms with Gasteiger partial charge in [0.2, 0.25) is 0 Å². The van der Waals surface area contributed by atoms with E-state index < -0.39 is 6.10 Å². The number of hydrogen-bond acceptors (Lipinski definition) is 4. The monoisotopic (exact) mass is 335 g/mol. The van der Waals surface area contributed by atoms with Gasteiger partial charge in [-0.2, -0.15) is 0 Å². The van der Waals surface area contributed by atoms with E-state index in [0.717, 1.165) is 4.47 Å². The number of aliphatic hydroxyl groups excluding tert-OH is 1.